The summed E-state index contributed by atoms with van der Waals surface area (Å²) in [5.41, 5.74) is 1.16. The molecule has 4 heteroatoms. The number of hydrogen-bond acceptors (Lipinski definition) is 2. The molecule has 0 atom stereocenters. The van der Waals surface area contributed by atoms with Gasteiger partial charge in [0.2, 0.25) is 0 Å². The van der Waals surface area contributed by atoms with E-state index in [9.17, 15) is 4.79 Å². The molecular formula is C14H15ClN2O. The fraction of sp³-hybridized carbons (Fsp3) is 0.286. The lowest BCUT2D eigenvalue weighted by Crippen LogP contribution is -2.27. The molecule has 2 rings (SSSR count). The summed E-state index contributed by atoms with van der Waals surface area (Å²) in [6, 6.07) is 9.06. The highest BCUT2D eigenvalue weighted by Crippen LogP contribution is 2.17. The zero-order valence-corrected chi connectivity index (χ0v) is 11.2. The molecular weight excluding hydrogens is 248 g/mol. The molecule has 0 saturated heterocycles. The van der Waals surface area contributed by atoms with Crippen molar-refractivity contribution in [1.29, 1.82) is 0 Å². The van der Waals surface area contributed by atoms with Crippen molar-refractivity contribution in [3.05, 3.63) is 41.0 Å². The second kappa shape index (κ2) is 5.36. The number of benzene rings is 1. The highest BCUT2D eigenvalue weighted by Gasteiger charge is 2.08. The van der Waals surface area contributed by atoms with Crippen LogP contribution in [0.25, 0.3) is 10.9 Å². The van der Waals surface area contributed by atoms with Crippen LogP contribution in [-0.2, 0) is 0 Å². The number of nitrogens with one attached hydrogen (secondary N) is 1. The summed E-state index contributed by atoms with van der Waals surface area (Å²) in [5.74, 6) is 0.273. The number of halogens is 1. The van der Waals surface area contributed by atoms with E-state index in [1.807, 2.05) is 32.0 Å². The molecule has 0 aliphatic carbocycles. The molecule has 1 amide bonds. The van der Waals surface area contributed by atoms with Crippen molar-refractivity contribution in [2.45, 2.75) is 13.8 Å². The largest absolute Gasteiger partial charge is 0.350 e. The van der Waals surface area contributed by atoms with Gasteiger partial charge in [-0.3, -0.25) is 4.79 Å². The minimum Gasteiger partial charge on any atom is -0.350 e. The number of carbonyl (C=O) groups excluding carboxylic acids is 1. The molecule has 0 spiro atoms. The van der Waals surface area contributed by atoms with Crippen LogP contribution in [0.2, 0.25) is 5.02 Å². The van der Waals surface area contributed by atoms with Crippen molar-refractivity contribution in [3.8, 4) is 0 Å². The molecule has 0 unspecified atom stereocenters. The normalized spacial score (nSPS) is 10.9. The van der Waals surface area contributed by atoms with Crippen LogP contribution in [0, 0.1) is 5.92 Å². The maximum Gasteiger partial charge on any atom is 0.269 e. The Morgan fingerprint density at radius 2 is 2.06 bits per heavy atom. The third-order valence-electron chi connectivity index (χ3n) is 2.56. The molecule has 0 aliphatic rings. The van der Waals surface area contributed by atoms with Gasteiger partial charge in [0.05, 0.1) is 5.52 Å². The van der Waals surface area contributed by atoms with Crippen molar-refractivity contribution in [2.75, 3.05) is 6.54 Å². The highest BCUT2D eigenvalue weighted by atomic mass is 35.5. The Balaban J connectivity index is 2.26. The Kier molecular flexibility index (Phi) is 3.82. The number of carbonyl (C=O) groups is 1. The van der Waals surface area contributed by atoms with Gasteiger partial charge in [0.25, 0.3) is 5.91 Å². The van der Waals surface area contributed by atoms with E-state index in [1.165, 1.54) is 0 Å². The Hall–Kier alpha value is -1.61. The number of pyridine rings is 1. The molecule has 0 radical (unpaired) electrons. The average Bonchev–Trinajstić information content (AvgIpc) is 2.34. The molecule has 0 aliphatic heterocycles. The van der Waals surface area contributed by atoms with E-state index in [0.29, 0.717) is 23.2 Å². The quantitative estimate of drug-likeness (QED) is 0.922. The lowest BCUT2D eigenvalue weighted by Gasteiger charge is -2.07. The Morgan fingerprint density at radius 3 is 2.78 bits per heavy atom. The predicted octanol–water partition coefficient (Wildman–Crippen LogP) is 3.27. The molecule has 0 fully saturated rings. The van der Waals surface area contributed by atoms with Crippen molar-refractivity contribution in [1.82, 2.24) is 10.3 Å². The SMILES string of the molecule is CC(C)CNC(=O)c1ccc2ccc(Cl)cc2n1. The van der Waals surface area contributed by atoms with Crippen LogP contribution in [0.15, 0.2) is 30.3 Å². The van der Waals surface area contributed by atoms with E-state index in [2.05, 4.69) is 10.3 Å². The van der Waals surface area contributed by atoms with E-state index in [-0.39, 0.29) is 5.91 Å². The number of hydrogen-bond donors (Lipinski definition) is 1. The second-order valence-electron chi connectivity index (χ2n) is 4.64. The molecule has 0 saturated carbocycles. The van der Waals surface area contributed by atoms with Crippen molar-refractivity contribution in [2.24, 2.45) is 5.92 Å². The summed E-state index contributed by atoms with van der Waals surface area (Å²) < 4.78 is 0. The molecule has 0 bridgehead atoms. The van der Waals surface area contributed by atoms with E-state index in [4.69, 9.17) is 11.6 Å². The van der Waals surface area contributed by atoms with Gasteiger partial charge in [-0.05, 0) is 24.1 Å². The monoisotopic (exact) mass is 262 g/mol. The molecule has 94 valence electrons. The fourth-order valence-corrected chi connectivity index (χ4v) is 1.77. The van der Waals surface area contributed by atoms with Crippen LogP contribution in [0.5, 0.6) is 0 Å². The number of amides is 1. The summed E-state index contributed by atoms with van der Waals surface area (Å²) in [4.78, 5) is 16.2. The predicted molar refractivity (Wildman–Crippen MR) is 73.9 cm³/mol. The summed E-state index contributed by atoms with van der Waals surface area (Å²) in [5, 5.41) is 4.44. The third-order valence-corrected chi connectivity index (χ3v) is 2.79. The number of rotatable bonds is 3. The van der Waals surface area contributed by atoms with Gasteiger partial charge in [0.15, 0.2) is 0 Å². The first-order valence-electron chi connectivity index (χ1n) is 5.91. The van der Waals surface area contributed by atoms with Gasteiger partial charge in [0.1, 0.15) is 5.69 Å². The van der Waals surface area contributed by atoms with E-state index in [0.717, 1.165) is 10.9 Å². The molecule has 18 heavy (non-hydrogen) atoms. The van der Waals surface area contributed by atoms with Crippen LogP contribution in [0.3, 0.4) is 0 Å². The Morgan fingerprint density at radius 1 is 1.33 bits per heavy atom. The van der Waals surface area contributed by atoms with Crippen molar-refractivity contribution in [3.63, 3.8) is 0 Å². The average molecular weight is 263 g/mol. The van der Waals surface area contributed by atoms with Crippen LogP contribution >= 0.6 is 11.6 Å². The van der Waals surface area contributed by atoms with Gasteiger partial charge < -0.3 is 5.32 Å². The van der Waals surface area contributed by atoms with Crippen molar-refractivity contribution < 1.29 is 4.79 Å². The smallest absolute Gasteiger partial charge is 0.269 e. The summed E-state index contributed by atoms with van der Waals surface area (Å²) in [6.07, 6.45) is 0. The number of nitrogens with zero attached hydrogens (tertiary/aromatic N) is 1. The zero-order valence-electron chi connectivity index (χ0n) is 10.4. The van der Waals surface area contributed by atoms with Gasteiger partial charge in [-0.25, -0.2) is 4.98 Å². The molecule has 1 heterocycles. The van der Waals surface area contributed by atoms with Gasteiger partial charge in [-0.15, -0.1) is 0 Å². The minimum absolute atomic E-state index is 0.148. The van der Waals surface area contributed by atoms with Crippen molar-refractivity contribution >= 4 is 28.4 Å². The van der Waals surface area contributed by atoms with Crippen LogP contribution < -0.4 is 5.32 Å². The topological polar surface area (TPSA) is 42.0 Å². The molecule has 3 nitrogen and oxygen atoms in total. The standard InChI is InChI=1S/C14H15ClN2O/c1-9(2)8-16-14(18)12-6-4-10-3-5-11(15)7-13(10)17-12/h3-7,9H,8H2,1-2H3,(H,16,18). The molecule has 1 aromatic heterocycles. The molecule has 1 N–H and O–H groups in total. The highest BCUT2D eigenvalue weighted by molar-refractivity contribution is 6.31. The van der Waals surface area contributed by atoms with Gasteiger partial charge in [-0.2, -0.15) is 0 Å². The Labute approximate surface area is 111 Å². The number of fused-ring (bicyclic) bond motifs is 1. The fourth-order valence-electron chi connectivity index (χ4n) is 1.60. The summed E-state index contributed by atoms with van der Waals surface area (Å²) >= 11 is 5.91. The summed E-state index contributed by atoms with van der Waals surface area (Å²) in [7, 11) is 0. The van der Waals surface area contributed by atoms with Gasteiger partial charge >= 0.3 is 0 Å². The first kappa shape index (κ1) is 12.8. The Bertz CT molecular complexity index is 581. The van der Waals surface area contributed by atoms with E-state index in [1.54, 1.807) is 12.1 Å². The van der Waals surface area contributed by atoms with Gasteiger partial charge in [-0.1, -0.05) is 37.6 Å². The van der Waals surface area contributed by atoms with E-state index < -0.39 is 0 Å². The van der Waals surface area contributed by atoms with E-state index >= 15 is 0 Å². The lowest BCUT2D eigenvalue weighted by molar-refractivity contribution is 0.0944. The maximum atomic E-state index is 11.9. The first-order chi connectivity index (χ1) is 8.56. The van der Waals surface area contributed by atoms with Crippen LogP contribution in [-0.4, -0.2) is 17.4 Å². The second-order valence-corrected chi connectivity index (χ2v) is 5.07. The number of aromatic nitrogens is 1. The maximum absolute atomic E-state index is 11.9. The first-order valence-corrected chi connectivity index (χ1v) is 6.28. The molecule has 2 aromatic rings. The molecule has 1 aromatic carbocycles. The lowest BCUT2D eigenvalue weighted by atomic mass is 10.2. The van der Waals surface area contributed by atoms with Gasteiger partial charge in [0, 0.05) is 17.0 Å². The minimum atomic E-state index is -0.148. The third kappa shape index (κ3) is 2.99. The zero-order chi connectivity index (χ0) is 13.1. The van der Waals surface area contributed by atoms with Crippen LogP contribution in [0.1, 0.15) is 24.3 Å². The van der Waals surface area contributed by atoms with Crippen LogP contribution in [0.4, 0.5) is 0 Å². The summed E-state index contributed by atoms with van der Waals surface area (Å²) in [6.45, 7) is 4.75.